The third kappa shape index (κ3) is 5.43. The zero-order valence-corrected chi connectivity index (χ0v) is 17.8. The van der Waals surface area contributed by atoms with Gasteiger partial charge in [0.2, 0.25) is 0 Å². The van der Waals surface area contributed by atoms with Crippen molar-refractivity contribution in [1.82, 2.24) is 5.43 Å². The number of hydrogen-bond donors (Lipinski definition) is 2. The number of carbonyl (C=O) groups excluding carboxylic acids is 1. The summed E-state index contributed by atoms with van der Waals surface area (Å²) in [4.78, 5) is 12.6. The molecule has 0 spiro atoms. The molecular weight excluding hydrogens is 488 g/mol. The van der Waals surface area contributed by atoms with Crippen molar-refractivity contribution in [1.29, 1.82) is 0 Å². The van der Waals surface area contributed by atoms with E-state index in [1.165, 1.54) is 12.3 Å². The maximum absolute atomic E-state index is 12.6. The molecule has 0 aromatic heterocycles. The molecule has 0 heterocycles. The van der Waals surface area contributed by atoms with Gasteiger partial charge in [-0.3, -0.25) is 4.79 Å². The van der Waals surface area contributed by atoms with Gasteiger partial charge in [0, 0.05) is 14.5 Å². The molecule has 7 heteroatoms. The molecule has 1 amide bonds. The van der Waals surface area contributed by atoms with Crippen LogP contribution in [0.1, 0.15) is 21.5 Å². The zero-order valence-electron chi connectivity index (χ0n) is 14.6. The molecule has 0 aliphatic rings. The highest BCUT2D eigenvalue weighted by atomic mass is 79.9. The zero-order chi connectivity index (χ0) is 19.9. The highest BCUT2D eigenvalue weighted by Crippen LogP contribution is 2.24. The lowest BCUT2D eigenvalue weighted by atomic mass is 10.2. The molecule has 3 aromatic carbocycles. The van der Waals surface area contributed by atoms with Crippen molar-refractivity contribution >= 4 is 44.0 Å². The summed E-state index contributed by atoms with van der Waals surface area (Å²) in [7, 11) is 0. The highest BCUT2D eigenvalue weighted by Gasteiger charge is 2.13. The molecule has 0 bridgehead atoms. The minimum absolute atomic E-state index is 0.0653. The van der Waals surface area contributed by atoms with E-state index in [0.29, 0.717) is 23.5 Å². The first kappa shape index (κ1) is 20.1. The van der Waals surface area contributed by atoms with Gasteiger partial charge in [0.25, 0.3) is 5.91 Å². The van der Waals surface area contributed by atoms with Crippen LogP contribution in [0.4, 0.5) is 0 Å². The van der Waals surface area contributed by atoms with E-state index >= 15 is 0 Å². The number of phenols is 1. The molecule has 3 aromatic rings. The lowest BCUT2D eigenvalue weighted by Crippen LogP contribution is -2.19. The Morgan fingerprint density at radius 1 is 1.04 bits per heavy atom. The van der Waals surface area contributed by atoms with Crippen LogP contribution in [0.25, 0.3) is 0 Å². The van der Waals surface area contributed by atoms with Gasteiger partial charge >= 0.3 is 0 Å². The van der Waals surface area contributed by atoms with Crippen molar-refractivity contribution in [3.05, 3.63) is 92.4 Å². The summed E-state index contributed by atoms with van der Waals surface area (Å²) < 4.78 is 7.36. The third-order valence-electron chi connectivity index (χ3n) is 3.78. The van der Waals surface area contributed by atoms with E-state index in [2.05, 4.69) is 42.4 Å². The fraction of sp³-hybridized carbons (Fsp3) is 0.0476. The minimum Gasteiger partial charge on any atom is -0.507 e. The Bertz CT molecular complexity index is 1010. The predicted octanol–water partition coefficient (Wildman–Crippen LogP) is 5.26. The number of hydrazone groups is 1. The average molecular weight is 504 g/mol. The molecule has 0 aliphatic carbocycles. The number of phenolic OH excluding ortho intramolecular Hbond substituents is 1. The Labute approximate surface area is 179 Å². The Hall–Kier alpha value is -2.64. The van der Waals surface area contributed by atoms with Crippen molar-refractivity contribution in [3.63, 3.8) is 0 Å². The van der Waals surface area contributed by atoms with E-state index in [0.717, 1.165) is 14.5 Å². The fourth-order valence-corrected chi connectivity index (χ4v) is 3.13. The molecule has 28 heavy (non-hydrogen) atoms. The summed E-state index contributed by atoms with van der Waals surface area (Å²) >= 11 is 6.70. The van der Waals surface area contributed by atoms with E-state index < -0.39 is 5.91 Å². The number of carbonyl (C=O) groups is 1. The van der Waals surface area contributed by atoms with Gasteiger partial charge in [0.05, 0.1) is 11.8 Å². The van der Waals surface area contributed by atoms with Crippen LogP contribution in [0.2, 0.25) is 0 Å². The summed E-state index contributed by atoms with van der Waals surface area (Å²) in [5.74, 6) is 0.0932. The van der Waals surface area contributed by atoms with Crippen LogP contribution in [-0.4, -0.2) is 17.2 Å². The quantitative estimate of drug-likeness (QED) is 0.356. The molecule has 3 rings (SSSR count). The van der Waals surface area contributed by atoms with Gasteiger partial charge in [-0.25, -0.2) is 5.43 Å². The monoisotopic (exact) mass is 502 g/mol. The summed E-state index contributed by atoms with van der Waals surface area (Å²) in [6, 6.07) is 19.8. The number of halogens is 2. The second-order valence-corrected chi connectivity index (χ2v) is 7.65. The average Bonchev–Trinajstić information content (AvgIpc) is 2.70. The SMILES string of the molecule is O=C(N/N=C/c1cc(Br)ccc1O)c1cc(Br)ccc1OCc1ccccc1. The molecule has 0 radical (unpaired) electrons. The smallest absolute Gasteiger partial charge is 0.275 e. The second-order valence-electron chi connectivity index (χ2n) is 5.82. The van der Waals surface area contributed by atoms with Crippen LogP contribution in [-0.2, 0) is 6.61 Å². The lowest BCUT2D eigenvalue weighted by molar-refractivity contribution is 0.0950. The van der Waals surface area contributed by atoms with Crippen LogP contribution < -0.4 is 10.2 Å². The molecule has 0 saturated heterocycles. The van der Waals surface area contributed by atoms with Gasteiger partial charge in [-0.1, -0.05) is 62.2 Å². The topological polar surface area (TPSA) is 70.9 Å². The van der Waals surface area contributed by atoms with Crippen molar-refractivity contribution in [2.45, 2.75) is 6.61 Å². The maximum atomic E-state index is 12.6. The molecule has 0 unspecified atom stereocenters. The van der Waals surface area contributed by atoms with Gasteiger partial charge in [-0.2, -0.15) is 5.10 Å². The number of hydrogen-bond acceptors (Lipinski definition) is 4. The van der Waals surface area contributed by atoms with E-state index in [-0.39, 0.29) is 5.75 Å². The summed E-state index contributed by atoms with van der Waals surface area (Å²) in [5, 5.41) is 13.8. The van der Waals surface area contributed by atoms with E-state index in [1.807, 2.05) is 30.3 Å². The first-order chi connectivity index (χ1) is 13.5. The molecule has 5 nitrogen and oxygen atoms in total. The van der Waals surface area contributed by atoms with Crippen molar-refractivity contribution in [3.8, 4) is 11.5 Å². The number of rotatable bonds is 6. The molecule has 0 atom stereocenters. The van der Waals surface area contributed by atoms with E-state index in [4.69, 9.17) is 4.74 Å². The van der Waals surface area contributed by atoms with Crippen molar-refractivity contribution in [2.24, 2.45) is 5.10 Å². The number of amides is 1. The molecular formula is C21H16Br2N2O3. The number of benzene rings is 3. The first-order valence-corrected chi connectivity index (χ1v) is 9.90. The van der Waals surface area contributed by atoms with Gasteiger partial charge in [-0.05, 0) is 42.0 Å². The minimum atomic E-state index is -0.421. The van der Waals surface area contributed by atoms with Gasteiger partial charge in [-0.15, -0.1) is 0 Å². The molecule has 2 N–H and O–H groups in total. The number of nitrogens with one attached hydrogen (secondary N) is 1. The van der Waals surface area contributed by atoms with Crippen molar-refractivity contribution < 1.29 is 14.6 Å². The van der Waals surface area contributed by atoms with Crippen LogP contribution in [0, 0.1) is 0 Å². The van der Waals surface area contributed by atoms with Gasteiger partial charge < -0.3 is 9.84 Å². The van der Waals surface area contributed by atoms with Crippen LogP contribution in [0.15, 0.2) is 80.8 Å². The van der Waals surface area contributed by atoms with Crippen LogP contribution in [0.3, 0.4) is 0 Å². The predicted molar refractivity (Wildman–Crippen MR) is 116 cm³/mol. The second kappa shape index (κ2) is 9.52. The molecule has 0 fully saturated rings. The molecule has 0 saturated carbocycles. The maximum Gasteiger partial charge on any atom is 0.275 e. The normalized spacial score (nSPS) is 10.8. The number of aromatic hydroxyl groups is 1. The van der Waals surface area contributed by atoms with Crippen molar-refractivity contribution in [2.75, 3.05) is 0 Å². The third-order valence-corrected chi connectivity index (χ3v) is 4.77. The Balaban J connectivity index is 1.72. The molecule has 0 aliphatic heterocycles. The Morgan fingerprint density at radius 3 is 2.54 bits per heavy atom. The van der Waals surface area contributed by atoms with Crippen LogP contribution in [0.5, 0.6) is 11.5 Å². The van der Waals surface area contributed by atoms with E-state index in [9.17, 15) is 9.90 Å². The summed E-state index contributed by atoms with van der Waals surface area (Å²) in [6.07, 6.45) is 1.38. The highest BCUT2D eigenvalue weighted by molar-refractivity contribution is 9.10. The number of ether oxygens (including phenoxy) is 1. The summed E-state index contributed by atoms with van der Waals surface area (Å²) in [5.41, 5.74) is 4.29. The van der Waals surface area contributed by atoms with Gasteiger partial charge in [0.1, 0.15) is 18.1 Å². The standard InChI is InChI=1S/C21H16Br2N2O3/c22-16-6-8-19(26)15(10-16)12-24-25-21(27)18-11-17(23)7-9-20(18)28-13-14-4-2-1-3-5-14/h1-12,26H,13H2,(H,25,27)/b24-12+. The van der Waals surface area contributed by atoms with Gasteiger partial charge in [0.15, 0.2) is 0 Å². The fourth-order valence-electron chi connectivity index (χ4n) is 2.39. The first-order valence-electron chi connectivity index (χ1n) is 8.31. The molecule has 142 valence electrons. The lowest BCUT2D eigenvalue weighted by Gasteiger charge is -2.11. The van der Waals surface area contributed by atoms with E-state index in [1.54, 1.807) is 30.3 Å². The largest absolute Gasteiger partial charge is 0.507 e. The Kier molecular flexibility index (Phi) is 6.84. The number of nitrogens with zero attached hydrogens (tertiary/aromatic N) is 1. The Morgan fingerprint density at radius 2 is 1.75 bits per heavy atom. The summed E-state index contributed by atoms with van der Waals surface area (Å²) in [6.45, 7) is 0.345. The van der Waals surface area contributed by atoms with Crippen LogP contribution >= 0.6 is 31.9 Å².